The van der Waals surface area contributed by atoms with Crippen molar-refractivity contribution in [1.29, 1.82) is 0 Å². The van der Waals surface area contributed by atoms with E-state index >= 15 is 0 Å². The quantitative estimate of drug-likeness (QED) is 0.547. The highest BCUT2D eigenvalue weighted by Gasteiger charge is 2.55. The van der Waals surface area contributed by atoms with Gasteiger partial charge in [0.05, 0.1) is 28.1 Å². The van der Waals surface area contributed by atoms with E-state index in [1.807, 2.05) is 61.2 Å². The summed E-state index contributed by atoms with van der Waals surface area (Å²) in [6.07, 6.45) is 1.96. The van der Waals surface area contributed by atoms with Crippen LogP contribution in [0.2, 0.25) is 10.0 Å². The van der Waals surface area contributed by atoms with E-state index in [1.165, 1.54) is 4.90 Å². The lowest BCUT2D eigenvalue weighted by Crippen LogP contribution is -2.68. The molecule has 9 heteroatoms. The Bertz CT molecular complexity index is 1090. The van der Waals surface area contributed by atoms with Gasteiger partial charge in [0.25, 0.3) is 0 Å². The third-order valence-electron chi connectivity index (χ3n) is 6.28. The van der Waals surface area contributed by atoms with Crippen molar-refractivity contribution >= 4 is 52.4 Å². The molecule has 1 N–H and O–H groups in total. The van der Waals surface area contributed by atoms with Gasteiger partial charge in [-0.2, -0.15) is 0 Å². The molecule has 7 nitrogen and oxygen atoms in total. The van der Waals surface area contributed by atoms with Gasteiger partial charge in [-0.25, -0.2) is 14.7 Å². The molecule has 2 aliphatic heterocycles. The van der Waals surface area contributed by atoms with Gasteiger partial charge >= 0.3 is 6.03 Å². The van der Waals surface area contributed by atoms with Crippen LogP contribution < -0.4 is 10.2 Å². The summed E-state index contributed by atoms with van der Waals surface area (Å²) in [7, 11) is 0. The number of fused-ring (bicyclic) bond motifs is 1. The number of hydrogen-bond acceptors (Lipinski definition) is 5. The first-order valence-electron chi connectivity index (χ1n) is 11.1. The molecule has 0 radical (unpaired) electrons. The van der Waals surface area contributed by atoms with Gasteiger partial charge in [0.15, 0.2) is 0 Å². The summed E-state index contributed by atoms with van der Waals surface area (Å²) in [5, 5.41) is 4.26. The molecule has 0 aromatic heterocycles. The third kappa shape index (κ3) is 4.15. The summed E-state index contributed by atoms with van der Waals surface area (Å²) in [5.41, 5.74) is 0.607. The van der Waals surface area contributed by atoms with E-state index in [-0.39, 0.29) is 19.2 Å². The number of nitrogens with zero attached hydrogens (tertiary/aromatic N) is 4. The second kappa shape index (κ2) is 9.61. The van der Waals surface area contributed by atoms with Gasteiger partial charge in [-0.3, -0.25) is 9.69 Å². The molecule has 2 aliphatic rings. The van der Waals surface area contributed by atoms with Crippen molar-refractivity contribution in [2.24, 2.45) is 10.4 Å². The summed E-state index contributed by atoms with van der Waals surface area (Å²) in [6.45, 7) is 4.63. The lowest BCUT2D eigenvalue weighted by Gasteiger charge is -2.49. The second-order valence-electron chi connectivity index (χ2n) is 8.20. The van der Waals surface area contributed by atoms with Gasteiger partial charge in [-0.05, 0) is 37.1 Å². The molecule has 2 heterocycles. The summed E-state index contributed by atoms with van der Waals surface area (Å²) < 4.78 is 0. The van der Waals surface area contributed by atoms with Crippen LogP contribution in [-0.4, -0.2) is 47.6 Å². The van der Waals surface area contributed by atoms with Crippen molar-refractivity contribution in [3.05, 3.63) is 58.6 Å². The van der Waals surface area contributed by atoms with Gasteiger partial charge in [-0.15, -0.1) is 0 Å². The van der Waals surface area contributed by atoms with E-state index < -0.39 is 11.4 Å². The molecular weight excluding hydrogens is 461 g/mol. The van der Waals surface area contributed by atoms with E-state index in [4.69, 9.17) is 28.2 Å². The van der Waals surface area contributed by atoms with Gasteiger partial charge in [0, 0.05) is 0 Å². The highest BCUT2D eigenvalue weighted by molar-refractivity contribution is 6.33. The van der Waals surface area contributed by atoms with Crippen molar-refractivity contribution in [2.75, 3.05) is 30.2 Å². The number of carbonyl (C=O) groups is 2. The van der Waals surface area contributed by atoms with Crippen molar-refractivity contribution in [1.82, 2.24) is 9.80 Å². The van der Waals surface area contributed by atoms with E-state index in [0.717, 1.165) is 12.1 Å². The number of aliphatic imine (C=N–C) groups is 1. The van der Waals surface area contributed by atoms with Gasteiger partial charge in [-0.1, -0.05) is 67.7 Å². The summed E-state index contributed by atoms with van der Waals surface area (Å²) in [5.74, 6) is 0.330. The smallest absolute Gasteiger partial charge is 0.335 e. The minimum atomic E-state index is -0.850. The Balaban J connectivity index is 1.69. The highest BCUT2D eigenvalue weighted by Crippen LogP contribution is 2.40. The number of amidine groups is 1. The van der Waals surface area contributed by atoms with Crippen LogP contribution in [0.3, 0.4) is 0 Å². The van der Waals surface area contributed by atoms with Gasteiger partial charge < -0.3 is 10.2 Å². The van der Waals surface area contributed by atoms with Gasteiger partial charge in [0.2, 0.25) is 5.91 Å². The minimum absolute atomic E-state index is 0.0166. The fourth-order valence-corrected chi connectivity index (χ4v) is 5.03. The average molecular weight is 488 g/mol. The third-order valence-corrected chi connectivity index (χ3v) is 6.93. The Kier molecular flexibility index (Phi) is 6.81. The second-order valence-corrected chi connectivity index (χ2v) is 9.01. The van der Waals surface area contributed by atoms with E-state index in [2.05, 4.69) is 5.32 Å². The molecular formula is C24H27Cl2N5O2. The molecule has 0 aliphatic carbocycles. The van der Waals surface area contributed by atoms with Crippen LogP contribution in [0.4, 0.5) is 16.2 Å². The largest absolute Gasteiger partial charge is 0.366 e. The molecule has 1 fully saturated rings. The highest BCUT2D eigenvalue weighted by atomic mass is 35.5. The van der Waals surface area contributed by atoms with E-state index in [1.54, 1.807) is 11.0 Å². The fourth-order valence-electron chi connectivity index (χ4n) is 4.57. The van der Waals surface area contributed by atoms with Crippen molar-refractivity contribution < 1.29 is 9.59 Å². The lowest BCUT2D eigenvalue weighted by molar-refractivity contribution is -0.137. The minimum Gasteiger partial charge on any atom is -0.366 e. The average Bonchev–Trinajstić information content (AvgIpc) is 2.83. The SMILES string of the molecule is CCCC1(CC)C(=O)N(CNc2ccccc2Cl)C(=O)N2CN(c3ccccc3Cl)CN=C21. The van der Waals surface area contributed by atoms with Gasteiger partial charge in [0.1, 0.15) is 24.6 Å². The predicted octanol–water partition coefficient (Wildman–Crippen LogP) is 5.66. The first-order chi connectivity index (χ1) is 15.9. The van der Waals surface area contributed by atoms with Crippen LogP contribution in [-0.2, 0) is 4.79 Å². The number of amides is 3. The lowest BCUT2D eigenvalue weighted by atomic mass is 9.76. The van der Waals surface area contributed by atoms with Crippen molar-refractivity contribution in [2.45, 2.75) is 33.1 Å². The first-order valence-corrected chi connectivity index (χ1v) is 11.8. The molecule has 4 rings (SSSR count). The van der Waals surface area contributed by atoms with Crippen LogP contribution in [0, 0.1) is 5.41 Å². The number of benzene rings is 2. The van der Waals surface area contributed by atoms with Crippen LogP contribution >= 0.6 is 23.2 Å². The zero-order valence-corrected chi connectivity index (χ0v) is 20.2. The first kappa shape index (κ1) is 23.4. The molecule has 1 atom stereocenters. The number of urea groups is 1. The maximum Gasteiger partial charge on any atom is 0.335 e. The monoisotopic (exact) mass is 487 g/mol. The zero-order valence-electron chi connectivity index (χ0n) is 18.7. The Morgan fingerprint density at radius 2 is 1.73 bits per heavy atom. The number of para-hydroxylation sites is 2. The number of rotatable bonds is 7. The fraction of sp³-hybridized carbons (Fsp3) is 0.375. The summed E-state index contributed by atoms with van der Waals surface area (Å²) in [4.78, 5) is 36.9. The molecule has 33 heavy (non-hydrogen) atoms. The van der Waals surface area contributed by atoms with Crippen LogP contribution in [0.5, 0.6) is 0 Å². The standard InChI is InChI=1S/C24H27Cl2N5O2/c1-3-13-24(4-2)21-28-14-29(20-12-8-6-10-18(20)26)16-31(21)23(33)30(22(24)32)15-27-19-11-7-5-9-17(19)25/h5-12,27H,3-4,13-16H2,1-2H3. The van der Waals surface area contributed by atoms with Crippen molar-refractivity contribution in [3.8, 4) is 0 Å². The molecule has 0 bridgehead atoms. The van der Waals surface area contributed by atoms with Crippen molar-refractivity contribution in [3.63, 3.8) is 0 Å². The number of imide groups is 1. The normalized spacial score (nSPS) is 20.6. The number of hydrogen-bond donors (Lipinski definition) is 1. The van der Waals surface area contributed by atoms with Crippen LogP contribution in [0.25, 0.3) is 0 Å². The zero-order chi connectivity index (χ0) is 23.6. The Morgan fingerprint density at radius 1 is 1.03 bits per heavy atom. The van der Waals surface area contributed by atoms with E-state index in [0.29, 0.717) is 41.1 Å². The predicted molar refractivity (Wildman–Crippen MR) is 133 cm³/mol. The number of anilines is 2. The summed E-state index contributed by atoms with van der Waals surface area (Å²) >= 11 is 12.7. The molecule has 174 valence electrons. The number of nitrogens with one attached hydrogen (secondary N) is 1. The van der Waals surface area contributed by atoms with Crippen LogP contribution in [0.15, 0.2) is 53.5 Å². The Labute approximate surface area is 204 Å². The van der Waals surface area contributed by atoms with E-state index in [9.17, 15) is 9.59 Å². The number of carbonyl (C=O) groups excluding carboxylic acids is 2. The molecule has 1 saturated heterocycles. The molecule has 1 unspecified atom stereocenters. The molecule has 0 spiro atoms. The number of halogens is 2. The molecule has 2 aromatic carbocycles. The maximum atomic E-state index is 13.7. The topological polar surface area (TPSA) is 68.2 Å². The Hall–Kier alpha value is -2.77. The Morgan fingerprint density at radius 3 is 2.39 bits per heavy atom. The molecule has 3 amide bonds. The maximum absolute atomic E-state index is 13.7. The molecule has 2 aromatic rings. The molecule has 0 saturated carbocycles. The van der Waals surface area contributed by atoms with Crippen LogP contribution in [0.1, 0.15) is 33.1 Å². The summed E-state index contributed by atoms with van der Waals surface area (Å²) in [6, 6.07) is 14.3.